The van der Waals surface area contributed by atoms with Gasteiger partial charge in [0.05, 0.1) is 11.9 Å². The number of anilines is 3. The molecule has 10 heteroatoms. The Balaban J connectivity index is 1.64. The van der Waals surface area contributed by atoms with E-state index in [4.69, 9.17) is 5.73 Å². The Labute approximate surface area is 172 Å². The topological polar surface area (TPSA) is 104 Å². The monoisotopic (exact) mass is 425 g/mol. The molecule has 0 atom stereocenters. The minimum atomic E-state index is -4.76. The van der Waals surface area contributed by atoms with E-state index in [1.165, 1.54) is 18.3 Å². The van der Waals surface area contributed by atoms with E-state index in [-0.39, 0.29) is 18.3 Å². The van der Waals surface area contributed by atoms with Gasteiger partial charge in [-0.2, -0.15) is 0 Å². The molecule has 1 saturated carbocycles. The summed E-state index contributed by atoms with van der Waals surface area (Å²) in [5.41, 5.74) is 9.45. The second-order valence-corrected chi connectivity index (χ2v) is 7.40. The van der Waals surface area contributed by atoms with Crippen molar-refractivity contribution in [3.8, 4) is 5.75 Å². The highest BCUT2D eigenvalue weighted by Crippen LogP contribution is 2.29. The molecule has 30 heavy (non-hydrogen) atoms. The Morgan fingerprint density at radius 2 is 1.83 bits per heavy atom. The lowest BCUT2D eigenvalue weighted by molar-refractivity contribution is -0.274. The van der Waals surface area contributed by atoms with Crippen LogP contribution in [0.15, 0.2) is 36.5 Å². The molecule has 1 fully saturated rings. The summed E-state index contributed by atoms with van der Waals surface area (Å²) in [7, 11) is 0. The Hall–Kier alpha value is -2.72. The molecule has 0 spiro atoms. The van der Waals surface area contributed by atoms with Crippen LogP contribution in [0.3, 0.4) is 0 Å². The van der Waals surface area contributed by atoms with Crippen LogP contribution >= 0.6 is 0 Å². The minimum Gasteiger partial charge on any atom is -0.405 e. The van der Waals surface area contributed by atoms with Crippen LogP contribution in [0, 0.1) is 5.92 Å². The van der Waals surface area contributed by atoms with E-state index in [2.05, 4.69) is 25.8 Å². The summed E-state index contributed by atoms with van der Waals surface area (Å²) >= 11 is 0. The molecule has 164 valence electrons. The molecule has 6 N–H and O–H groups in total. The van der Waals surface area contributed by atoms with Crippen molar-refractivity contribution in [1.29, 1.82) is 0 Å². The number of halogens is 3. The average molecular weight is 425 g/mol. The summed E-state index contributed by atoms with van der Waals surface area (Å²) in [6.07, 6.45) is 0.771. The Morgan fingerprint density at radius 3 is 2.53 bits per heavy atom. The van der Waals surface area contributed by atoms with Crippen molar-refractivity contribution in [2.45, 2.75) is 44.6 Å². The van der Waals surface area contributed by atoms with Crippen molar-refractivity contribution in [3.05, 3.63) is 42.1 Å². The molecule has 0 aliphatic heterocycles. The smallest absolute Gasteiger partial charge is 0.405 e. The van der Waals surface area contributed by atoms with Gasteiger partial charge in [0.2, 0.25) is 0 Å². The predicted molar refractivity (Wildman–Crippen MR) is 109 cm³/mol. The van der Waals surface area contributed by atoms with E-state index < -0.39 is 6.36 Å². The number of pyridine rings is 1. The highest BCUT2D eigenvalue weighted by Gasteiger charge is 2.31. The third-order valence-corrected chi connectivity index (χ3v) is 5.16. The van der Waals surface area contributed by atoms with E-state index in [0.29, 0.717) is 28.7 Å². The first-order chi connectivity index (χ1) is 14.3. The van der Waals surface area contributed by atoms with Crippen LogP contribution < -0.4 is 26.6 Å². The van der Waals surface area contributed by atoms with Gasteiger partial charge < -0.3 is 21.1 Å². The number of hydrogen-bond donors (Lipinski definition) is 5. The molecule has 0 unspecified atom stereocenters. The fraction of sp³-hybridized carbons (Fsp3) is 0.450. The van der Waals surface area contributed by atoms with Crippen LogP contribution in [0.5, 0.6) is 5.75 Å². The summed E-state index contributed by atoms with van der Waals surface area (Å²) in [6, 6.07) is 7.89. The van der Waals surface area contributed by atoms with Gasteiger partial charge in [0.1, 0.15) is 17.3 Å². The maximum Gasteiger partial charge on any atom is 0.573 e. The predicted octanol–water partition coefficient (Wildman–Crippen LogP) is 4.32. The molecule has 1 aromatic heterocycles. The van der Waals surface area contributed by atoms with Gasteiger partial charge in [-0.05, 0) is 37.7 Å². The Morgan fingerprint density at radius 1 is 1.10 bits per heavy atom. The molecule has 1 heterocycles. The zero-order chi connectivity index (χ0) is 21.6. The average Bonchev–Trinajstić information content (AvgIpc) is 2.71. The SMILES string of the molecule is NC1CCC(CNc2cc(NCc3ccccc3OC(F)(F)F)ncc2NO)CC1. The summed E-state index contributed by atoms with van der Waals surface area (Å²) in [4.78, 5) is 4.18. The van der Waals surface area contributed by atoms with Gasteiger partial charge in [0.25, 0.3) is 0 Å². The standard InChI is InChI=1S/C20H26F3N5O2/c21-20(22,23)30-18-4-2-1-3-14(18)11-26-19-9-16(17(28-29)12-27-19)25-10-13-5-7-15(24)8-6-13/h1-4,9,12-13,15,28-29H,5-8,10-11,24H2,(H2,25,26,27). The van der Waals surface area contributed by atoms with Gasteiger partial charge in [0.15, 0.2) is 0 Å². The van der Waals surface area contributed by atoms with E-state index in [1.54, 1.807) is 18.2 Å². The molecule has 1 aliphatic carbocycles. The van der Waals surface area contributed by atoms with Crippen LogP contribution in [-0.4, -0.2) is 29.1 Å². The van der Waals surface area contributed by atoms with Crippen molar-refractivity contribution in [3.63, 3.8) is 0 Å². The maximum atomic E-state index is 12.6. The quantitative estimate of drug-likeness (QED) is 0.401. The number of rotatable bonds is 8. The molecule has 1 aliphatic rings. The van der Waals surface area contributed by atoms with Crippen molar-refractivity contribution in [1.82, 2.24) is 4.98 Å². The number of para-hydroxylation sites is 1. The Bertz CT molecular complexity index is 826. The van der Waals surface area contributed by atoms with Gasteiger partial charge in [-0.15, -0.1) is 13.2 Å². The molecular weight excluding hydrogens is 399 g/mol. The zero-order valence-electron chi connectivity index (χ0n) is 16.4. The van der Waals surface area contributed by atoms with Crippen molar-refractivity contribution in [2.24, 2.45) is 11.7 Å². The van der Waals surface area contributed by atoms with E-state index in [0.717, 1.165) is 32.2 Å². The van der Waals surface area contributed by atoms with Crippen LogP contribution in [0.4, 0.5) is 30.4 Å². The first-order valence-corrected chi connectivity index (χ1v) is 9.81. The molecule has 1 aromatic carbocycles. The molecule has 0 amide bonds. The fourth-order valence-corrected chi connectivity index (χ4v) is 3.49. The van der Waals surface area contributed by atoms with E-state index >= 15 is 0 Å². The second kappa shape index (κ2) is 9.86. The van der Waals surface area contributed by atoms with Crippen LogP contribution in [0.25, 0.3) is 0 Å². The number of alkyl halides is 3. The van der Waals surface area contributed by atoms with Crippen molar-refractivity contribution >= 4 is 17.2 Å². The summed E-state index contributed by atoms with van der Waals surface area (Å²) in [6.45, 7) is 0.818. The highest BCUT2D eigenvalue weighted by molar-refractivity contribution is 5.70. The van der Waals surface area contributed by atoms with E-state index in [9.17, 15) is 18.4 Å². The van der Waals surface area contributed by atoms with Crippen molar-refractivity contribution < 1.29 is 23.1 Å². The number of ether oxygens (including phenoxy) is 1. The first kappa shape index (κ1) is 22.0. The molecule has 0 radical (unpaired) electrons. The summed E-state index contributed by atoms with van der Waals surface area (Å²) < 4.78 is 41.8. The van der Waals surface area contributed by atoms with Gasteiger partial charge in [-0.25, -0.2) is 4.98 Å². The van der Waals surface area contributed by atoms with Gasteiger partial charge >= 0.3 is 6.36 Å². The third-order valence-electron chi connectivity index (χ3n) is 5.16. The Kier molecular flexibility index (Phi) is 7.22. The number of nitrogens with one attached hydrogen (secondary N) is 3. The number of benzene rings is 1. The largest absolute Gasteiger partial charge is 0.573 e. The molecular formula is C20H26F3N5O2. The summed E-state index contributed by atoms with van der Waals surface area (Å²) in [5.74, 6) is 0.677. The lowest BCUT2D eigenvalue weighted by atomic mass is 9.86. The second-order valence-electron chi connectivity index (χ2n) is 7.40. The van der Waals surface area contributed by atoms with Gasteiger partial charge in [-0.3, -0.25) is 10.7 Å². The van der Waals surface area contributed by atoms with Crippen LogP contribution in [0.1, 0.15) is 31.2 Å². The van der Waals surface area contributed by atoms with Crippen LogP contribution in [-0.2, 0) is 6.54 Å². The van der Waals surface area contributed by atoms with Crippen molar-refractivity contribution in [2.75, 3.05) is 22.7 Å². The molecule has 7 nitrogen and oxygen atoms in total. The number of aromatic nitrogens is 1. The third kappa shape index (κ3) is 6.39. The first-order valence-electron chi connectivity index (χ1n) is 9.81. The molecule has 2 aromatic rings. The maximum absolute atomic E-state index is 12.6. The van der Waals surface area contributed by atoms with E-state index in [1.807, 2.05) is 0 Å². The lowest BCUT2D eigenvalue weighted by Crippen LogP contribution is -2.29. The minimum absolute atomic E-state index is 0.0884. The van der Waals surface area contributed by atoms with Gasteiger partial charge in [-0.1, -0.05) is 18.2 Å². The molecule has 0 bridgehead atoms. The summed E-state index contributed by atoms with van der Waals surface area (Å²) in [5, 5.41) is 15.7. The molecule has 0 saturated heterocycles. The lowest BCUT2D eigenvalue weighted by Gasteiger charge is -2.26. The number of nitrogens with two attached hydrogens (primary N) is 1. The fourth-order valence-electron chi connectivity index (χ4n) is 3.49. The number of nitrogens with zero attached hydrogens (tertiary/aromatic N) is 1. The highest BCUT2D eigenvalue weighted by atomic mass is 19.4. The van der Waals surface area contributed by atoms with Crippen LogP contribution in [0.2, 0.25) is 0 Å². The van der Waals surface area contributed by atoms with Gasteiger partial charge in [0, 0.05) is 30.8 Å². The molecule has 3 rings (SSSR count). The number of hydrogen-bond acceptors (Lipinski definition) is 7. The normalized spacial score (nSPS) is 19.2. The zero-order valence-corrected chi connectivity index (χ0v) is 16.4.